The molecule has 0 N–H and O–H groups in total. The second-order valence-corrected chi connectivity index (χ2v) is 3.91. The molecule has 0 spiro atoms. The highest BCUT2D eigenvalue weighted by atomic mass is 16.6. The number of esters is 1. The summed E-state index contributed by atoms with van der Waals surface area (Å²) in [6.45, 7) is 4.08. The molecule has 12 heavy (non-hydrogen) atoms. The fourth-order valence-corrected chi connectivity index (χ4v) is 2.12. The van der Waals surface area contributed by atoms with Crippen molar-refractivity contribution < 1.29 is 9.53 Å². The summed E-state index contributed by atoms with van der Waals surface area (Å²) < 4.78 is 5.23. The molecule has 2 rings (SSSR count). The Bertz CT molecular complexity index is 242. The molecule has 1 aliphatic heterocycles. The lowest BCUT2D eigenvalue weighted by atomic mass is 9.82. The standard InChI is InChI=1S/C10H14O2/c1-6-3-4-8-7(2)10(11)12-9(8)5-6/h5,7-9H,3-4H2,1-2H3/t7-,8?,9?/m0/s1. The molecule has 1 saturated heterocycles. The average molecular weight is 166 g/mol. The number of fused-ring (bicyclic) bond motifs is 1. The highest BCUT2D eigenvalue weighted by Crippen LogP contribution is 2.37. The summed E-state index contributed by atoms with van der Waals surface area (Å²) in [6, 6.07) is 0. The zero-order valence-corrected chi connectivity index (χ0v) is 7.54. The van der Waals surface area contributed by atoms with Crippen LogP contribution in [0.15, 0.2) is 11.6 Å². The number of allylic oxidation sites excluding steroid dienone is 1. The summed E-state index contributed by atoms with van der Waals surface area (Å²) in [6.07, 6.45) is 4.43. The third-order valence-electron chi connectivity index (χ3n) is 3.01. The highest BCUT2D eigenvalue weighted by molar-refractivity contribution is 5.75. The summed E-state index contributed by atoms with van der Waals surface area (Å²) >= 11 is 0. The maximum atomic E-state index is 11.2. The van der Waals surface area contributed by atoms with Crippen molar-refractivity contribution in [3.8, 4) is 0 Å². The van der Waals surface area contributed by atoms with Gasteiger partial charge >= 0.3 is 5.97 Å². The van der Waals surface area contributed by atoms with Crippen LogP contribution in [-0.2, 0) is 9.53 Å². The minimum Gasteiger partial charge on any atom is -0.458 e. The SMILES string of the molecule is CC1=CC2OC(=O)[C@@H](C)C2CC1. The first-order chi connectivity index (χ1) is 5.68. The van der Waals surface area contributed by atoms with E-state index in [0.717, 1.165) is 12.8 Å². The molecule has 1 heterocycles. The second-order valence-electron chi connectivity index (χ2n) is 3.91. The van der Waals surface area contributed by atoms with Crippen molar-refractivity contribution in [1.82, 2.24) is 0 Å². The van der Waals surface area contributed by atoms with Gasteiger partial charge in [-0.3, -0.25) is 4.79 Å². The lowest BCUT2D eigenvalue weighted by Crippen LogP contribution is -2.21. The van der Waals surface area contributed by atoms with Crippen LogP contribution in [0.3, 0.4) is 0 Å². The first-order valence-corrected chi connectivity index (χ1v) is 4.56. The quantitative estimate of drug-likeness (QED) is 0.406. The van der Waals surface area contributed by atoms with Gasteiger partial charge in [0, 0.05) is 5.92 Å². The Morgan fingerprint density at radius 1 is 1.58 bits per heavy atom. The molecule has 0 radical (unpaired) electrons. The van der Waals surface area contributed by atoms with E-state index >= 15 is 0 Å². The number of carbonyl (C=O) groups excluding carboxylic acids is 1. The summed E-state index contributed by atoms with van der Waals surface area (Å²) in [4.78, 5) is 11.2. The van der Waals surface area contributed by atoms with Gasteiger partial charge in [-0.25, -0.2) is 0 Å². The first-order valence-electron chi connectivity index (χ1n) is 4.56. The van der Waals surface area contributed by atoms with E-state index in [2.05, 4.69) is 13.0 Å². The van der Waals surface area contributed by atoms with Gasteiger partial charge in [0.2, 0.25) is 0 Å². The van der Waals surface area contributed by atoms with Crippen molar-refractivity contribution in [1.29, 1.82) is 0 Å². The van der Waals surface area contributed by atoms with Gasteiger partial charge in [-0.05, 0) is 25.8 Å². The largest absolute Gasteiger partial charge is 0.458 e. The van der Waals surface area contributed by atoms with Crippen molar-refractivity contribution in [3.05, 3.63) is 11.6 Å². The monoisotopic (exact) mass is 166 g/mol. The van der Waals surface area contributed by atoms with E-state index in [-0.39, 0.29) is 18.0 Å². The minimum atomic E-state index is -0.0176. The van der Waals surface area contributed by atoms with Crippen LogP contribution in [0, 0.1) is 11.8 Å². The molecule has 2 nitrogen and oxygen atoms in total. The van der Waals surface area contributed by atoms with Gasteiger partial charge < -0.3 is 4.74 Å². The van der Waals surface area contributed by atoms with Crippen LogP contribution in [0.1, 0.15) is 26.7 Å². The van der Waals surface area contributed by atoms with Gasteiger partial charge in [0.25, 0.3) is 0 Å². The van der Waals surface area contributed by atoms with Crippen LogP contribution in [0.25, 0.3) is 0 Å². The fraction of sp³-hybridized carbons (Fsp3) is 0.700. The zero-order valence-electron chi connectivity index (χ0n) is 7.54. The Hall–Kier alpha value is -0.790. The smallest absolute Gasteiger partial charge is 0.309 e. The van der Waals surface area contributed by atoms with Crippen molar-refractivity contribution >= 4 is 5.97 Å². The number of rotatable bonds is 0. The minimum absolute atomic E-state index is 0.0176. The lowest BCUT2D eigenvalue weighted by Gasteiger charge is -2.22. The summed E-state index contributed by atoms with van der Waals surface area (Å²) in [7, 11) is 0. The molecule has 2 unspecified atom stereocenters. The zero-order chi connectivity index (χ0) is 8.72. The van der Waals surface area contributed by atoms with Gasteiger partial charge in [-0.15, -0.1) is 0 Å². The van der Waals surface area contributed by atoms with Crippen molar-refractivity contribution in [2.24, 2.45) is 11.8 Å². The van der Waals surface area contributed by atoms with Gasteiger partial charge in [-0.2, -0.15) is 0 Å². The fourth-order valence-electron chi connectivity index (χ4n) is 2.12. The molecule has 0 amide bonds. The van der Waals surface area contributed by atoms with E-state index in [1.807, 2.05) is 6.92 Å². The number of hydrogen-bond donors (Lipinski definition) is 0. The Balaban J connectivity index is 2.22. The molecule has 0 saturated carbocycles. The molecule has 2 heteroatoms. The predicted octanol–water partition coefficient (Wildman–Crippen LogP) is 1.90. The van der Waals surface area contributed by atoms with E-state index in [1.165, 1.54) is 5.57 Å². The molecule has 0 aromatic rings. The molecule has 1 fully saturated rings. The van der Waals surface area contributed by atoms with E-state index in [9.17, 15) is 4.79 Å². The molecule has 0 aromatic heterocycles. The van der Waals surface area contributed by atoms with Crippen LogP contribution in [0.4, 0.5) is 0 Å². The molecule has 3 atom stereocenters. The van der Waals surface area contributed by atoms with E-state index in [1.54, 1.807) is 0 Å². The molecule has 0 aromatic carbocycles. The topological polar surface area (TPSA) is 26.3 Å². The molecule has 66 valence electrons. The predicted molar refractivity (Wildman–Crippen MR) is 45.5 cm³/mol. The molecular weight excluding hydrogens is 152 g/mol. The highest BCUT2D eigenvalue weighted by Gasteiger charge is 2.41. The average Bonchev–Trinajstić information content (AvgIpc) is 2.28. The number of hydrogen-bond acceptors (Lipinski definition) is 2. The third kappa shape index (κ3) is 1.06. The van der Waals surface area contributed by atoms with Crippen LogP contribution in [-0.4, -0.2) is 12.1 Å². The van der Waals surface area contributed by atoms with Crippen molar-refractivity contribution in [2.45, 2.75) is 32.8 Å². The summed E-state index contributed by atoms with van der Waals surface area (Å²) in [5.74, 6) is 0.538. The second kappa shape index (κ2) is 2.61. The summed E-state index contributed by atoms with van der Waals surface area (Å²) in [5, 5.41) is 0. The Labute approximate surface area is 72.6 Å². The van der Waals surface area contributed by atoms with Gasteiger partial charge in [-0.1, -0.05) is 12.5 Å². The van der Waals surface area contributed by atoms with Gasteiger partial charge in [0.1, 0.15) is 6.10 Å². The molecular formula is C10H14O2. The number of ether oxygens (including phenoxy) is 1. The maximum absolute atomic E-state index is 11.2. The normalized spacial score (nSPS) is 40.3. The van der Waals surface area contributed by atoms with E-state index in [4.69, 9.17) is 4.74 Å². The Morgan fingerprint density at radius 2 is 2.33 bits per heavy atom. The van der Waals surface area contributed by atoms with Crippen molar-refractivity contribution in [2.75, 3.05) is 0 Å². The molecule has 2 aliphatic rings. The Kier molecular flexibility index (Phi) is 1.71. The maximum Gasteiger partial charge on any atom is 0.309 e. The van der Waals surface area contributed by atoms with Crippen LogP contribution >= 0.6 is 0 Å². The van der Waals surface area contributed by atoms with Crippen molar-refractivity contribution in [3.63, 3.8) is 0 Å². The van der Waals surface area contributed by atoms with Crippen LogP contribution < -0.4 is 0 Å². The molecule has 0 bridgehead atoms. The third-order valence-corrected chi connectivity index (χ3v) is 3.01. The van der Waals surface area contributed by atoms with Crippen LogP contribution in [0.2, 0.25) is 0 Å². The number of carbonyl (C=O) groups is 1. The van der Waals surface area contributed by atoms with Gasteiger partial charge in [0.15, 0.2) is 0 Å². The molecule has 1 aliphatic carbocycles. The Morgan fingerprint density at radius 3 is 3.08 bits per heavy atom. The van der Waals surface area contributed by atoms with Crippen LogP contribution in [0.5, 0.6) is 0 Å². The lowest BCUT2D eigenvalue weighted by molar-refractivity contribution is -0.142. The first kappa shape index (κ1) is 7.84. The summed E-state index contributed by atoms with van der Waals surface area (Å²) in [5.41, 5.74) is 1.36. The van der Waals surface area contributed by atoms with Gasteiger partial charge in [0.05, 0.1) is 5.92 Å². The van der Waals surface area contributed by atoms with E-state index in [0.29, 0.717) is 5.92 Å². The van der Waals surface area contributed by atoms with E-state index < -0.39 is 0 Å².